The molecule has 7 rings (SSSR count). The van der Waals surface area contributed by atoms with Crippen molar-refractivity contribution < 1.29 is 4.57 Å². The standard InChI is InChI=1S/C30H23N2S/c1-18-16-24-23-17-22(33-21-9-5-4-6-10-21)12-13-25(23)32-26-11-7-8-20-14-15-31(3)30(28(20)26)27(19(18)2)29(24)32/h4-17H,1-3H3/q+1. The number of hydrogen-bond donors (Lipinski definition) is 0. The molecule has 3 heteroatoms. The summed E-state index contributed by atoms with van der Waals surface area (Å²) in [6.07, 6.45) is 2.20. The summed E-state index contributed by atoms with van der Waals surface area (Å²) in [5.74, 6) is 0. The van der Waals surface area contributed by atoms with E-state index in [9.17, 15) is 0 Å². The highest BCUT2D eigenvalue weighted by Gasteiger charge is 2.24. The van der Waals surface area contributed by atoms with Gasteiger partial charge in [-0.15, -0.1) is 0 Å². The molecule has 0 atom stereocenters. The minimum absolute atomic E-state index is 1.27. The zero-order chi connectivity index (χ0) is 22.3. The molecule has 0 aliphatic carbocycles. The predicted molar refractivity (Wildman–Crippen MR) is 140 cm³/mol. The maximum atomic E-state index is 2.50. The first-order chi connectivity index (χ1) is 16.1. The fourth-order valence-electron chi connectivity index (χ4n) is 5.50. The Hall–Kier alpha value is -3.56. The van der Waals surface area contributed by atoms with Gasteiger partial charge < -0.3 is 4.40 Å². The molecule has 0 saturated carbocycles. The first-order valence-corrected chi connectivity index (χ1v) is 12.2. The van der Waals surface area contributed by atoms with E-state index < -0.39 is 0 Å². The number of rotatable bonds is 2. The van der Waals surface area contributed by atoms with E-state index in [0.717, 1.165) is 0 Å². The van der Waals surface area contributed by atoms with Crippen molar-refractivity contribution in [3.63, 3.8) is 0 Å². The van der Waals surface area contributed by atoms with Gasteiger partial charge in [0.1, 0.15) is 7.05 Å². The minimum Gasteiger partial charge on any atom is -0.307 e. The number of benzene rings is 4. The molecule has 0 aliphatic heterocycles. The second-order valence-electron chi connectivity index (χ2n) is 9.04. The van der Waals surface area contributed by atoms with Crippen molar-refractivity contribution >= 4 is 60.8 Å². The molecule has 3 heterocycles. The molecule has 0 fully saturated rings. The van der Waals surface area contributed by atoms with E-state index in [0.29, 0.717) is 0 Å². The molecule has 0 spiro atoms. The molecule has 0 aliphatic rings. The van der Waals surface area contributed by atoms with Gasteiger partial charge in [0.15, 0.2) is 6.20 Å². The molecule has 0 bridgehead atoms. The van der Waals surface area contributed by atoms with Crippen molar-refractivity contribution in [3.8, 4) is 0 Å². The van der Waals surface area contributed by atoms with Crippen molar-refractivity contribution in [2.45, 2.75) is 23.6 Å². The maximum Gasteiger partial charge on any atom is 0.224 e. The van der Waals surface area contributed by atoms with Crippen LogP contribution in [0.25, 0.3) is 49.0 Å². The van der Waals surface area contributed by atoms with Crippen LogP contribution < -0.4 is 4.57 Å². The summed E-state index contributed by atoms with van der Waals surface area (Å²) < 4.78 is 4.80. The summed E-state index contributed by atoms with van der Waals surface area (Å²) in [4.78, 5) is 2.54. The van der Waals surface area contributed by atoms with Crippen LogP contribution in [0.5, 0.6) is 0 Å². The van der Waals surface area contributed by atoms with E-state index in [-0.39, 0.29) is 0 Å². The van der Waals surface area contributed by atoms with Crippen molar-refractivity contribution in [2.75, 3.05) is 0 Å². The van der Waals surface area contributed by atoms with E-state index >= 15 is 0 Å². The number of fused-ring (bicyclic) bond motifs is 5. The van der Waals surface area contributed by atoms with Gasteiger partial charge in [-0.3, -0.25) is 0 Å². The second kappa shape index (κ2) is 6.72. The van der Waals surface area contributed by atoms with E-state index in [2.05, 4.69) is 115 Å². The van der Waals surface area contributed by atoms with Crippen molar-refractivity contribution in [2.24, 2.45) is 7.05 Å². The number of aromatic nitrogens is 2. The van der Waals surface area contributed by atoms with Crippen molar-refractivity contribution in [3.05, 3.63) is 96.2 Å². The van der Waals surface area contributed by atoms with Gasteiger partial charge in [0.2, 0.25) is 5.52 Å². The van der Waals surface area contributed by atoms with Crippen LogP contribution in [0, 0.1) is 13.8 Å². The second-order valence-corrected chi connectivity index (χ2v) is 10.2. The molecule has 7 aromatic rings. The molecule has 2 nitrogen and oxygen atoms in total. The van der Waals surface area contributed by atoms with Gasteiger partial charge >= 0.3 is 0 Å². The van der Waals surface area contributed by atoms with Gasteiger partial charge in [-0.2, -0.15) is 0 Å². The number of nitrogens with zero attached hydrogens (tertiary/aromatic N) is 2. The van der Waals surface area contributed by atoms with Crippen molar-refractivity contribution in [1.29, 1.82) is 0 Å². The summed E-state index contributed by atoms with van der Waals surface area (Å²) in [5, 5.41) is 6.65. The summed E-state index contributed by atoms with van der Waals surface area (Å²) >= 11 is 1.83. The smallest absolute Gasteiger partial charge is 0.224 e. The largest absolute Gasteiger partial charge is 0.307 e. The fraction of sp³-hybridized carbons (Fsp3) is 0.100. The van der Waals surface area contributed by atoms with Gasteiger partial charge in [0.25, 0.3) is 0 Å². The van der Waals surface area contributed by atoms with Crippen molar-refractivity contribution in [1.82, 2.24) is 4.40 Å². The Kier molecular flexibility index (Phi) is 3.86. The van der Waals surface area contributed by atoms with Crippen LogP contribution in [0.1, 0.15) is 11.1 Å². The molecule has 0 amide bonds. The molecule has 0 radical (unpaired) electrons. The highest BCUT2D eigenvalue weighted by molar-refractivity contribution is 7.99. The lowest BCUT2D eigenvalue weighted by Gasteiger charge is -2.13. The fourth-order valence-corrected chi connectivity index (χ4v) is 6.38. The molecule has 0 saturated heterocycles. The molecule has 0 unspecified atom stereocenters. The number of aryl methyl sites for hydroxylation is 3. The summed E-state index contributed by atoms with van der Waals surface area (Å²) in [6, 6.07) is 28.9. The lowest BCUT2D eigenvalue weighted by Crippen LogP contribution is -2.29. The Bertz CT molecular complexity index is 1860. The van der Waals surface area contributed by atoms with Crippen LogP contribution in [0.4, 0.5) is 0 Å². The molecule has 0 N–H and O–H groups in total. The molecular formula is C30H23N2S+. The van der Waals surface area contributed by atoms with Crippen LogP contribution in [-0.2, 0) is 7.05 Å². The maximum absolute atomic E-state index is 2.50. The first kappa shape index (κ1) is 19.0. The lowest BCUT2D eigenvalue weighted by atomic mass is 9.97. The van der Waals surface area contributed by atoms with Gasteiger partial charge in [-0.25, -0.2) is 4.57 Å². The molecular weight excluding hydrogens is 420 g/mol. The zero-order valence-corrected chi connectivity index (χ0v) is 19.7. The Morgan fingerprint density at radius 3 is 2.42 bits per heavy atom. The van der Waals surface area contributed by atoms with Gasteiger partial charge in [-0.05, 0) is 72.8 Å². The highest BCUT2D eigenvalue weighted by Crippen LogP contribution is 2.42. The molecule has 4 aromatic carbocycles. The monoisotopic (exact) mass is 443 g/mol. The number of hydrogen-bond acceptors (Lipinski definition) is 1. The van der Waals surface area contributed by atoms with E-state index in [4.69, 9.17) is 0 Å². The first-order valence-electron chi connectivity index (χ1n) is 11.4. The zero-order valence-electron chi connectivity index (χ0n) is 18.9. The van der Waals surface area contributed by atoms with E-state index in [1.165, 1.54) is 69.9 Å². The van der Waals surface area contributed by atoms with Crippen LogP contribution in [0.3, 0.4) is 0 Å². The normalized spacial score (nSPS) is 12.2. The SMILES string of the molecule is Cc1cc2c3cc(Sc4ccccc4)ccc3n3c4cccc5cc[n+](C)c(c(c1C)c23)c54. The van der Waals surface area contributed by atoms with E-state index in [1.54, 1.807) is 0 Å². The van der Waals surface area contributed by atoms with Crippen LogP contribution in [-0.4, -0.2) is 4.40 Å². The van der Waals surface area contributed by atoms with Crippen LogP contribution in [0.2, 0.25) is 0 Å². The third kappa shape index (κ3) is 2.54. The Labute approximate surface area is 196 Å². The Morgan fingerprint density at radius 2 is 1.58 bits per heavy atom. The molecule has 3 aromatic heterocycles. The van der Waals surface area contributed by atoms with Crippen LogP contribution >= 0.6 is 11.8 Å². The average molecular weight is 444 g/mol. The van der Waals surface area contributed by atoms with Gasteiger partial charge in [-0.1, -0.05) is 42.1 Å². The number of pyridine rings is 2. The van der Waals surface area contributed by atoms with Crippen LogP contribution in [0.15, 0.2) is 94.9 Å². The summed E-state index contributed by atoms with van der Waals surface area (Å²) in [7, 11) is 2.17. The average Bonchev–Trinajstić information content (AvgIpc) is 3.15. The topological polar surface area (TPSA) is 8.29 Å². The lowest BCUT2D eigenvalue weighted by molar-refractivity contribution is -0.643. The van der Waals surface area contributed by atoms with Gasteiger partial charge in [0, 0.05) is 26.6 Å². The van der Waals surface area contributed by atoms with E-state index in [1.807, 2.05) is 11.8 Å². The quantitative estimate of drug-likeness (QED) is 0.152. The summed E-state index contributed by atoms with van der Waals surface area (Å²) in [5.41, 5.74) is 7.91. The molecule has 33 heavy (non-hydrogen) atoms. The minimum atomic E-state index is 1.27. The third-order valence-electron chi connectivity index (χ3n) is 7.14. The highest BCUT2D eigenvalue weighted by atomic mass is 32.2. The Balaban J connectivity index is 1.70. The Morgan fingerprint density at radius 1 is 0.727 bits per heavy atom. The third-order valence-corrected chi connectivity index (χ3v) is 8.14. The summed E-state index contributed by atoms with van der Waals surface area (Å²) in [6.45, 7) is 4.52. The predicted octanol–water partition coefficient (Wildman–Crippen LogP) is 7.58. The van der Waals surface area contributed by atoms with Gasteiger partial charge in [0.05, 0.1) is 27.3 Å². The molecule has 158 valence electrons.